The third-order valence-electron chi connectivity index (χ3n) is 5.95. The number of hydrogen-bond donors (Lipinski definition) is 1. The second kappa shape index (κ2) is 11.5. The molecule has 1 N–H and O–H groups in total. The van der Waals surface area contributed by atoms with Crippen molar-refractivity contribution >= 4 is 28.5 Å². The van der Waals surface area contributed by atoms with Crippen LogP contribution in [-0.4, -0.2) is 34.0 Å². The van der Waals surface area contributed by atoms with Crippen molar-refractivity contribution < 1.29 is 9.59 Å². The summed E-state index contributed by atoms with van der Waals surface area (Å²) >= 11 is 0. The first kappa shape index (κ1) is 24.2. The summed E-state index contributed by atoms with van der Waals surface area (Å²) in [6.07, 6.45) is 1.78. The second-order valence-corrected chi connectivity index (χ2v) is 8.91. The van der Waals surface area contributed by atoms with Crippen LogP contribution < -0.4 is 10.2 Å². The van der Waals surface area contributed by atoms with Gasteiger partial charge in [0.2, 0.25) is 11.8 Å². The van der Waals surface area contributed by atoms with E-state index < -0.39 is 0 Å². The first-order chi connectivity index (χ1) is 17.0. The summed E-state index contributed by atoms with van der Waals surface area (Å²) in [5, 5.41) is 3.00. The van der Waals surface area contributed by atoms with Crippen molar-refractivity contribution in [1.82, 2.24) is 14.9 Å². The number of amides is 2. The first-order valence-corrected chi connectivity index (χ1v) is 12.1. The lowest BCUT2D eigenvalue weighted by atomic mass is 10.1. The Balaban J connectivity index is 1.44. The molecule has 6 heteroatoms. The molecule has 1 heterocycles. The van der Waals surface area contributed by atoms with Crippen LogP contribution in [0.15, 0.2) is 84.9 Å². The highest BCUT2D eigenvalue weighted by atomic mass is 16.2. The Morgan fingerprint density at radius 3 is 2.29 bits per heavy atom. The van der Waals surface area contributed by atoms with Crippen LogP contribution in [0.4, 0.5) is 5.69 Å². The van der Waals surface area contributed by atoms with E-state index in [9.17, 15) is 9.59 Å². The molecule has 0 spiro atoms. The van der Waals surface area contributed by atoms with E-state index in [4.69, 9.17) is 4.98 Å². The molecule has 4 rings (SSSR count). The quantitative estimate of drug-likeness (QED) is 0.341. The lowest BCUT2D eigenvalue weighted by molar-refractivity contribution is -0.120. The molecule has 0 atom stereocenters. The number of nitrogens with one attached hydrogen (secondary N) is 1. The number of para-hydroxylation sites is 3. The summed E-state index contributed by atoms with van der Waals surface area (Å²) in [6.45, 7) is 4.82. The molecular formula is C29H32N4O2. The maximum absolute atomic E-state index is 13.5. The Kier molecular flexibility index (Phi) is 7.93. The fourth-order valence-electron chi connectivity index (χ4n) is 4.34. The number of anilines is 1. The van der Waals surface area contributed by atoms with E-state index in [1.165, 1.54) is 0 Å². The summed E-state index contributed by atoms with van der Waals surface area (Å²) < 4.78 is 2.02. The molecule has 0 aliphatic rings. The standard InChI is InChI=1S/C29H32N4O2/c1-22(2)33(24-14-7-4-8-15-24)29(35)21-32-26-17-10-9-16-25(26)31-27(32)18-11-19-30-28(34)20-23-12-5-3-6-13-23/h3-10,12-17,22H,11,18-21H2,1-2H3,(H,30,34). The zero-order chi connectivity index (χ0) is 24.6. The zero-order valence-electron chi connectivity index (χ0n) is 20.4. The summed E-state index contributed by atoms with van der Waals surface area (Å²) in [5.41, 5.74) is 3.71. The van der Waals surface area contributed by atoms with Crippen molar-refractivity contribution in [3.8, 4) is 0 Å². The smallest absolute Gasteiger partial charge is 0.247 e. The molecule has 2 amide bonds. The molecule has 0 aliphatic heterocycles. The van der Waals surface area contributed by atoms with Crippen molar-refractivity contribution in [2.45, 2.75) is 45.7 Å². The fourth-order valence-corrected chi connectivity index (χ4v) is 4.34. The van der Waals surface area contributed by atoms with E-state index >= 15 is 0 Å². The number of hydrogen-bond acceptors (Lipinski definition) is 3. The molecule has 0 aliphatic carbocycles. The zero-order valence-corrected chi connectivity index (χ0v) is 20.4. The van der Waals surface area contributed by atoms with E-state index in [0.717, 1.165) is 34.5 Å². The van der Waals surface area contributed by atoms with Crippen LogP contribution in [0.2, 0.25) is 0 Å². The number of imidazole rings is 1. The van der Waals surface area contributed by atoms with Gasteiger partial charge in [-0.3, -0.25) is 9.59 Å². The van der Waals surface area contributed by atoms with Crippen LogP contribution >= 0.6 is 0 Å². The van der Waals surface area contributed by atoms with Crippen LogP contribution in [0.1, 0.15) is 31.7 Å². The number of rotatable bonds is 10. The first-order valence-electron chi connectivity index (χ1n) is 12.1. The summed E-state index contributed by atoms with van der Waals surface area (Å²) in [6, 6.07) is 27.4. The molecule has 1 aromatic heterocycles. The topological polar surface area (TPSA) is 67.2 Å². The van der Waals surface area contributed by atoms with Gasteiger partial charge in [-0.1, -0.05) is 60.7 Å². The number of benzene rings is 3. The Morgan fingerprint density at radius 2 is 1.57 bits per heavy atom. The Labute approximate surface area is 206 Å². The van der Waals surface area contributed by atoms with Crippen LogP contribution in [0.5, 0.6) is 0 Å². The molecule has 0 unspecified atom stereocenters. The highest BCUT2D eigenvalue weighted by Crippen LogP contribution is 2.21. The minimum Gasteiger partial charge on any atom is -0.356 e. The van der Waals surface area contributed by atoms with Crippen LogP contribution in [0, 0.1) is 0 Å². The van der Waals surface area contributed by atoms with Gasteiger partial charge in [-0.05, 0) is 50.1 Å². The minimum atomic E-state index is 0.00955. The van der Waals surface area contributed by atoms with E-state index in [1.807, 2.05) is 108 Å². The average Bonchev–Trinajstić information content (AvgIpc) is 3.20. The van der Waals surface area contributed by atoms with E-state index in [-0.39, 0.29) is 24.4 Å². The number of carbonyl (C=O) groups is 2. The number of aryl methyl sites for hydroxylation is 1. The van der Waals surface area contributed by atoms with Crippen LogP contribution in [0.25, 0.3) is 11.0 Å². The summed E-state index contributed by atoms with van der Waals surface area (Å²) in [7, 11) is 0. The van der Waals surface area contributed by atoms with Gasteiger partial charge in [0.05, 0.1) is 17.5 Å². The van der Waals surface area contributed by atoms with E-state index in [1.54, 1.807) is 0 Å². The molecule has 0 radical (unpaired) electrons. The average molecular weight is 469 g/mol. The number of nitrogens with zero attached hydrogens (tertiary/aromatic N) is 3. The number of carbonyl (C=O) groups excluding carboxylic acids is 2. The molecule has 0 bridgehead atoms. The Morgan fingerprint density at radius 1 is 0.914 bits per heavy atom. The maximum atomic E-state index is 13.5. The number of aromatic nitrogens is 2. The van der Waals surface area contributed by atoms with Gasteiger partial charge < -0.3 is 14.8 Å². The van der Waals surface area contributed by atoms with Crippen molar-refractivity contribution in [3.63, 3.8) is 0 Å². The molecule has 0 fully saturated rings. The van der Waals surface area contributed by atoms with Crippen molar-refractivity contribution in [1.29, 1.82) is 0 Å². The van der Waals surface area contributed by atoms with Gasteiger partial charge in [-0.15, -0.1) is 0 Å². The summed E-state index contributed by atoms with van der Waals surface area (Å²) in [5.74, 6) is 0.885. The van der Waals surface area contributed by atoms with Gasteiger partial charge in [-0.25, -0.2) is 4.98 Å². The lowest BCUT2D eigenvalue weighted by Gasteiger charge is -2.27. The van der Waals surface area contributed by atoms with Gasteiger partial charge in [0.1, 0.15) is 12.4 Å². The van der Waals surface area contributed by atoms with Crippen molar-refractivity contribution in [2.24, 2.45) is 0 Å². The fraction of sp³-hybridized carbons (Fsp3) is 0.276. The van der Waals surface area contributed by atoms with E-state index in [2.05, 4.69) is 5.32 Å². The predicted octanol–water partition coefficient (Wildman–Crippen LogP) is 4.77. The van der Waals surface area contributed by atoms with Gasteiger partial charge >= 0.3 is 0 Å². The highest BCUT2D eigenvalue weighted by molar-refractivity contribution is 5.94. The third kappa shape index (κ3) is 6.15. The highest BCUT2D eigenvalue weighted by Gasteiger charge is 2.21. The van der Waals surface area contributed by atoms with Gasteiger partial charge in [0.25, 0.3) is 0 Å². The molecule has 35 heavy (non-hydrogen) atoms. The molecule has 4 aromatic rings. The van der Waals surface area contributed by atoms with Crippen LogP contribution in [-0.2, 0) is 29.0 Å². The monoisotopic (exact) mass is 468 g/mol. The Hall–Kier alpha value is -3.93. The van der Waals surface area contributed by atoms with E-state index in [0.29, 0.717) is 19.4 Å². The molecule has 180 valence electrons. The van der Waals surface area contributed by atoms with Gasteiger partial charge in [0, 0.05) is 24.7 Å². The second-order valence-electron chi connectivity index (χ2n) is 8.91. The molecule has 0 saturated carbocycles. The Bertz CT molecular complexity index is 1270. The third-order valence-corrected chi connectivity index (χ3v) is 5.95. The molecular weight excluding hydrogens is 436 g/mol. The van der Waals surface area contributed by atoms with Gasteiger partial charge in [0.15, 0.2) is 0 Å². The SMILES string of the molecule is CC(C)N(C(=O)Cn1c(CCCNC(=O)Cc2ccccc2)nc2ccccc21)c1ccccc1. The molecule has 6 nitrogen and oxygen atoms in total. The molecule has 0 saturated heterocycles. The summed E-state index contributed by atoms with van der Waals surface area (Å²) in [4.78, 5) is 32.4. The van der Waals surface area contributed by atoms with Crippen molar-refractivity contribution in [3.05, 3.63) is 96.3 Å². The number of fused-ring (bicyclic) bond motifs is 1. The van der Waals surface area contributed by atoms with Crippen LogP contribution in [0.3, 0.4) is 0 Å². The van der Waals surface area contributed by atoms with Crippen molar-refractivity contribution in [2.75, 3.05) is 11.4 Å². The largest absolute Gasteiger partial charge is 0.356 e. The molecule has 3 aromatic carbocycles. The predicted molar refractivity (Wildman–Crippen MR) is 140 cm³/mol. The lowest BCUT2D eigenvalue weighted by Crippen LogP contribution is -2.39. The minimum absolute atomic E-state index is 0.00955. The maximum Gasteiger partial charge on any atom is 0.247 e. The normalized spacial score (nSPS) is 11.1. The van der Waals surface area contributed by atoms with Gasteiger partial charge in [-0.2, -0.15) is 0 Å².